The molecule has 6 heteroatoms. The lowest BCUT2D eigenvalue weighted by Crippen LogP contribution is -2.16. The number of hydrogen-bond acceptors (Lipinski definition) is 4. The number of imidazole rings is 1. The van der Waals surface area contributed by atoms with Crippen LogP contribution in [0.3, 0.4) is 0 Å². The minimum absolute atomic E-state index is 0.0299. The zero-order valence-corrected chi connectivity index (χ0v) is 11.0. The summed E-state index contributed by atoms with van der Waals surface area (Å²) in [6.45, 7) is 0.0299. The number of carbonyl (C=O) groups is 1. The Morgan fingerprint density at radius 2 is 2.40 bits per heavy atom. The highest BCUT2D eigenvalue weighted by atomic mass is 16.2. The van der Waals surface area contributed by atoms with Gasteiger partial charge in [0, 0.05) is 25.2 Å². The van der Waals surface area contributed by atoms with Gasteiger partial charge in [0.15, 0.2) is 0 Å². The second-order valence-corrected chi connectivity index (χ2v) is 4.05. The number of aliphatic hydroxyl groups is 1. The topological polar surface area (TPSA) is 80.0 Å². The summed E-state index contributed by atoms with van der Waals surface area (Å²) in [7, 11) is 1.74. The fraction of sp³-hybridized carbons (Fsp3) is 0.214. The molecule has 2 N–H and O–H groups in total. The smallest absolute Gasteiger partial charge is 0.275 e. The van der Waals surface area contributed by atoms with E-state index in [4.69, 9.17) is 5.11 Å². The normalized spacial score (nSPS) is 9.70. The summed E-state index contributed by atoms with van der Waals surface area (Å²) in [5.74, 6) is 5.84. The van der Waals surface area contributed by atoms with Crippen LogP contribution in [0.4, 0.5) is 5.82 Å². The number of amides is 1. The number of carbonyl (C=O) groups excluding carboxylic acids is 1. The van der Waals surface area contributed by atoms with E-state index in [1.807, 2.05) is 0 Å². The molecular weight excluding hydrogens is 256 g/mol. The lowest BCUT2D eigenvalue weighted by molar-refractivity contribution is 0.101. The third-order valence-corrected chi connectivity index (χ3v) is 2.52. The predicted molar refractivity (Wildman–Crippen MR) is 74.0 cm³/mol. The van der Waals surface area contributed by atoms with Crippen molar-refractivity contribution in [3.05, 3.63) is 42.1 Å². The van der Waals surface area contributed by atoms with Crippen molar-refractivity contribution >= 4 is 11.7 Å². The largest absolute Gasteiger partial charge is 0.395 e. The van der Waals surface area contributed by atoms with Crippen molar-refractivity contribution in [3.8, 4) is 11.8 Å². The van der Waals surface area contributed by atoms with E-state index >= 15 is 0 Å². The zero-order chi connectivity index (χ0) is 14.4. The molecule has 0 aliphatic carbocycles. The molecule has 0 radical (unpaired) electrons. The number of nitrogens with one attached hydrogen (secondary N) is 1. The lowest BCUT2D eigenvalue weighted by Gasteiger charge is -2.04. The number of aliphatic hydroxyl groups excluding tert-OH is 1. The molecule has 0 saturated heterocycles. The number of hydrogen-bond donors (Lipinski definition) is 2. The number of nitrogens with zero attached hydrogens (tertiary/aromatic N) is 3. The van der Waals surface area contributed by atoms with Gasteiger partial charge in [0.2, 0.25) is 0 Å². The highest BCUT2D eigenvalue weighted by Gasteiger charge is 2.10. The Labute approximate surface area is 116 Å². The van der Waals surface area contributed by atoms with Gasteiger partial charge in [-0.3, -0.25) is 4.79 Å². The summed E-state index contributed by atoms with van der Waals surface area (Å²) < 4.78 is 1.63. The van der Waals surface area contributed by atoms with Gasteiger partial charge in [0.1, 0.15) is 11.5 Å². The first-order chi connectivity index (χ1) is 9.70. The van der Waals surface area contributed by atoms with E-state index in [0.29, 0.717) is 17.9 Å². The molecule has 1 amide bonds. The van der Waals surface area contributed by atoms with Gasteiger partial charge in [-0.1, -0.05) is 11.8 Å². The maximum atomic E-state index is 12.0. The second kappa shape index (κ2) is 6.50. The van der Waals surface area contributed by atoms with Gasteiger partial charge in [-0.15, -0.1) is 0 Å². The number of anilines is 1. The van der Waals surface area contributed by atoms with Crippen molar-refractivity contribution in [1.29, 1.82) is 0 Å². The number of aryl methyl sites for hydroxylation is 1. The predicted octanol–water partition coefficient (Wildman–Crippen LogP) is 0.801. The van der Waals surface area contributed by atoms with E-state index in [9.17, 15) is 4.79 Å². The van der Waals surface area contributed by atoms with Crippen LogP contribution >= 0.6 is 0 Å². The third-order valence-electron chi connectivity index (χ3n) is 2.52. The molecule has 0 aromatic carbocycles. The fourth-order valence-electron chi connectivity index (χ4n) is 1.55. The maximum Gasteiger partial charge on any atom is 0.275 e. The molecule has 20 heavy (non-hydrogen) atoms. The SMILES string of the molecule is Cn1cncc1C(=O)Nc1cc(C#CCCO)ccn1. The molecule has 0 atom stereocenters. The summed E-state index contributed by atoms with van der Waals surface area (Å²) in [6, 6.07) is 3.42. The maximum absolute atomic E-state index is 12.0. The molecule has 2 heterocycles. The number of aromatic nitrogens is 3. The molecule has 0 aliphatic heterocycles. The molecular formula is C14H14N4O2. The van der Waals surface area contributed by atoms with E-state index < -0.39 is 0 Å². The Hall–Kier alpha value is -2.65. The van der Waals surface area contributed by atoms with Crippen LogP contribution < -0.4 is 5.32 Å². The van der Waals surface area contributed by atoms with Gasteiger partial charge < -0.3 is 15.0 Å². The summed E-state index contributed by atoms with van der Waals surface area (Å²) in [5.41, 5.74) is 1.18. The minimum Gasteiger partial charge on any atom is -0.395 e. The van der Waals surface area contributed by atoms with Gasteiger partial charge in [-0.25, -0.2) is 9.97 Å². The monoisotopic (exact) mass is 270 g/mol. The summed E-state index contributed by atoms with van der Waals surface area (Å²) in [4.78, 5) is 19.9. The van der Waals surface area contributed by atoms with Crippen molar-refractivity contribution in [2.24, 2.45) is 7.05 Å². The molecule has 0 spiro atoms. The van der Waals surface area contributed by atoms with Crippen molar-refractivity contribution < 1.29 is 9.90 Å². The highest BCUT2D eigenvalue weighted by molar-refractivity contribution is 6.02. The number of rotatable bonds is 3. The van der Waals surface area contributed by atoms with Gasteiger partial charge in [0.05, 0.1) is 19.1 Å². The Morgan fingerprint density at radius 3 is 3.10 bits per heavy atom. The summed E-state index contributed by atoms with van der Waals surface area (Å²) in [5, 5.41) is 11.4. The van der Waals surface area contributed by atoms with Crippen LogP contribution in [0.5, 0.6) is 0 Å². The zero-order valence-electron chi connectivity index (χ0n) is 11.0. The second-order valence-electron chi connectivity index (χ2n) is 4.05. The van der Waals surface area contributed by atoms with E-state index in [1.165, 1.54) is 6.20 Å². The van der Waals surface area contributed by atoms with Crippen LogP contribution in [0.25, 0.3) is 0 Å². The highest BCUT2D eigenvalue weighted by Crippen LogP contribution is 2.08. The molecule has 0 bridgehead atoms. The van der Waals surface area contributed by atoms with Crippen LogP contribution in [0.1, 0.15) is 22.5 Å². The number of pyridine rings is 1. The van der Waals surface area contributed by atoms with E-state index in [0.717, 1.165) is 5.56 Å². The van der Waals surface area contributed by atoms with E-state index in [1.54, 1.807) is 36.3 Å². The van der Waals surface area contributed by atoms with Gasteiger partial charge >= 0.3 is 0 Å². The molecule has 0 fully saturated rings. The Morgan fingerprint density at radius 1 is 1.55 bits per heavy atom. The van der Waals surface area contributed by atoms with Crippen molar-refractivity contribution in [1.82, 2.24) is 14.5 Å². The van der Waals surface area contributed by atoms with E-state index in [2.05, 4.69) is 27.1 Å². The van der Waals surface area contributed by atoms with Gasteiger partial charge in [-0.2, -0.15) is 0 Å². The Balaban J connectivity index is 2.11. The van der Waals surface area contributed by atoms with E-state index in [-0.39, 0.29) is 12.5 Å². The lowest BCUT2D eigenvalue weighted by atomic mass is 10.2. The molecule has 0 aliphatic rings. The molecule has 0 unspecified atom stereocenters. The minimum atomic E-state index is -0.280. The molecule has 2 rings (SSSR count). The molecule has 102 valence electrons. The first-order valence-electron chi connectivity index (χ1n) is 6.04. The third kappa shape index (κ3) is 3.43. The van der Waals surface area contributed by atoms with Crippen molar-refractivity contribution in [2.45, 2.75) is 6.42 Å². The first-order valence-corrected chi connectivity index (χ1v) is 6.04. The quantitative estimate of drug-likeness (QED) is 0.808. The van der Waals surface area contributed by atoms with Crippen LogP contribution in [0.2, 0.25) is 0 Å². The van der Waals surface area contributed by atoms with Crippen LogP contribution in [0, 0.1) is 11.8 Å². The van der Waals surface area contributed by atoms with Crippen LogP contribution in [-0.2, 0) is 7.05 Å². The van der Waals surface area contributed by atoms with Crippen LogP contribution in [-0.4, -0.2) is 32.2 Å². The van der Waals surface area contributed by atoms with Gasteiger partial charge in [0.25, 0.3) is 5.91 Å². The van der Waals surface area contributed by atoms with Crippen molar-refractivity contribution in [2.75, 3.05) is 11.9 Å². The molecule has 2 aromatic heterocycles. The van der Waals surface area contributed by atoms with Gasteiger partial charge in [-0.05, 0) is 12.1 Å². The average molecular weight is 270 g/mol. The fourth-order valence-corrected chi connectivity index (χ4v) is 1.55. The first kappa shape index (κ1) is 13.8. The average Bonchev–Trinajstić information content (AvgIpc) is 2.86. The molecule has 2 aromatic rings. The van der Waals surface area contributed by atoms with Crippen molar-refractivity contribution in [3.63, 3.8) is 0 Å². The standard InChI is InChI=1S/C14H14N4O2/c1-18-10-15-9-12(18)14(20)17-13-8-11(5-6-16-13)4-2-3-7-19/h5-6,8-10,19H,3,7H2,1H3,(H,16,17,20). The Kier molecular flexibility index (Phi) is 4.47. The molecule has 6 nitrogen and oxygen atoms in total. The molecule has 0 saturated carbocycles. The summed E-state index contributed by atoms with van der Waals surface area (Å²) in [6.07, 6.45) is 5.03. The van der Waals surface area contributed by atoms with Crippen LogP contribution in [0.15, 0.2) is 30.9 Å². The summed E-state index contributed by atoms with van der Waals surface area (Å²) >= 11 is 0. The Bertz CT molecular complexity index is 667.